The molecule has 0 spiro atoms. The molecule has 1 aromatic heterocycles. The molecule has 1 atom stereocenters. The third-order valence-corrected chi connectivity index (χ3v) is 1.50. The van der Waals surface area contributed by atoms with Crippen molar-refractivity contribution in [3.63, 3.8) is 0 Å². The summed E-state index contributed by atoms with van der Waals surface area (Å²) in [6, 6.07) is -0.618. The van der Waals surface area contributed by atoms with Crippen molar-refractivity contribution in [2.45, 2.75) is 26.4 Å². The van der Waals surface area contributed by atoms with Crippen LogP contribution in [0.4, 0.5) is 0 Å². The highest BCUT2D eigenvalue weighted by Crippen LogP contribution is 1.95. The molecule has 0 aromatic carbocycles. The van der Waals surface area contributed by atoms with Gasteiger partial charge in [0.1, 0.15) is 6.04 Å². The number of hydrogen-bond donors (Lipinski definition) is 2. The first-order valence-electron chi connectivity index (χ1n) is 3.85. The summed E-state index contributed by atoms with van der Waals surface area (Å²) < 4.78 is 4.78. The molecule has 0 aliphatic carbocycles. The van der Waals surface area contributed by atoms with Crippen LogP contribution in [0.5, 0.6) is 0 Å². The van der Waals surface area contributed by atoms with Crippen molar-refractivity contribution in [3.05, 3.63) is 11.7 Å². The highest BCUT2D eigenvalue weighted by molar-refractivity contribution is 5.72. The van der Waals surface area contributed by atoms with Crippen LogP contribution in [0.2, 0.25) is 0 Å². The van der Waals surface area contributed by atoms with Crippen molar-refractivity contribution in [2.75, 3.05) is 0 Å². The Morgan fingerprint density at radius 2 is 2.46 bits per heavy atom. The summed E-state index contributed by atoms with van der Waals surface area (Å²) in [7, 11) is 0. The molecule has 1 aromatic rings. The van der Waals surface area contributed by atoms with Gasteiger partial charge in [0, 0.05) is 0 Å². The van der Waals surface area contributed by atoms with Gasteiger partial charge in [-0.1, -0.05) is 5.16 Å². The van der Waals surface area contributed by atoms with Gasteiger partial charge in [-0.25, -0.2) is 0 Å². The normalized spacial score (nSPS) is 12.8. The minimum atomic E-state index is -0.906. The number of hydrogen-bond acceptors (Lipinski definition) is 5. The fourth-order valence-electron chi connectivity index (χ4n) is 0.740. The van der Waals surface area contributed by atoms with E-state index in [4.69, 9.17) is 9.63 Å². The topological polar surface area (TPSA) is 88.2 Å². The SMILES string of the molecule is Cc1noc(CN[C@@H](C)C(=O)O)n1. The van der Waals surface area contributed by atoms with Crippen LogP contribution in [-0.4, -0.2) is 27.3 Å². The minimum Gasteiger partial charge on any atom is -0.480 e. The molecule has 1 heterocycles. The fourth-order valence-corrected chi connectivity index (χ4v) is 0.740. The Morgan fingerprint density at radius 1 is 1.77 bits per heavy atom. The molecule has 0 aliphatic rings. The Labute approximate surface area is 74.9 Å². The summed E-state index contributed by atoms with van der Waals surface area (Å²) in [6.07, 6.45) is 0. The fraction of sp³-hybridized carbons (Fsp3) is 0.571. The van der Waals surface area contributed by atoms with E-state index < -0.39 is 12.0 Å². The quantitative estimate of drug-likeness (QED) is 0.683. The molecule has 0 unspecified atom stereocenters. The van der Waals surface area contributed by atoms with Gasteiger partial charge in [-0.3, -0.25) is 10.1 Å². The zero-order chi connectivity index (χ0) is 9.84. The third kappa shape index (κ3) is 2.83. The Morgan fingerprint density at radius 3 is 2.92 bits per heavy atom. The van der Waals surface area contributed by atoms with Gasteiger partial charge >= 0.3 is 5.97 Å². The second-order valence-corrected chi connectivity index (χ2v) is 2.68. The van der Waals surface area contributed by atoms with Crippen LogP contribution in [0.25, 0.3) is 0 Å². The second kappa shape index (κ2) is 3.99. The first-order valence-corrected chi connectivity index (χ1v) is 3.85. The number of nitrogens with one attached hydrogen (secondary N) is 1. The highest BCUT2D eigenvalue weighted by atomic mass is 16.5. The summed E-state index contributed by atoms with van der Waals surface area (Å²) in [5.74, 6) is 0.0293. The molecule has 0 saturated carbocycles. The number of nitrogens with zero attached hydrogens (tertiary/aromatic N) is 2. The van der Waals surface area contributed by atoms with Crippen molar-refractivity contribution in [3.8, 4) is 0 Å². The molecule has 0 fully saturated rings. The van der Waals surface area contributed by atoms with Gasteiger partial charge in [0.05, 0.1) is 6.54 Å². The Bertz CT molecular complexity index is 297. The number of aliphatic carboxylic acids is 1. The summed E-state index contributed by atoms with van der Waals surface area (Å²) in [6.45, 7) is 3.52. The number of carbonyl (C=O) groups is 1. The molecule has 72 valence electrons. The molecule has 6 nitrogen and oxygen atoms in total. The van der Waals surface area contributed by atoms with Gasteiger partial charge in [-0.2, -0.15) is 4.98 Å². The van der Waals surface area contributed by atoms with E-state index in [0.29, 0.717) is 11.7 Å². The molecule has 0 aliphatic heterocycles. The van der Waals surface area contributed by atoms with E-state index in [9.17, 15) is 4.79 Å². The highest BCUT2D eigenvalue weighted by Gasteiger charge is 2.11. The van der Waals surface area contributed by atoms with E-state index in [2.05, 4.69) is 15.5 Å². The van der Waals surface area contributed by atoms with E-state index in [1.54, 1.807) is 13.8 Å². The monoisotopic (exact) mass is 185 g/mol. The second-order valence-electron chi connectivity index (χ2n) is 2.68. The predicted molar refractivity (Wildman–Crippen MR) is 43.0 cm³/mol. The van der Waals surface area contributed by atoms with Crippen LogP contribution in [0.3, 0.4) is 0 Å². The molecule has 13 heavy (non-hydrogen) atoms. The number of aryl methyl sites for hydroxylation is 1. The van der Waals surface area contributed by atoms with E-state index >= 15 is 0 Å². The lowest BCUT2D eigenvalue weighted by Crippen LogP contribution is -2.33. The van der Waals surface area contributed by atoms with Gasteiger partial charge in [-0.15, -0.1) is 0 Å². The van der Waals surface area contributed by atoms with Crippen molar-refractivity contribution >= 4 is 5.97 Å². The van der Waals surface area contributed by atoms with Gasteiger partial charge in [0.2, 0.25) is 5.89 Å². The van der Waals surface area contributed by atoms with Gasteiger partial charge < -0.3 is 9.63 Å². The van der Waals surface area contributed by atoms with Crippen LogP contribution in [0, 0.1) is 6.92 Å². The zero-order valence-electron chi connectivity index (χ0n) is 7.44. The molecule has 6 heteroatoms. The van der Waals surface area contributed by atoms with Crippen LogP contribution in [0.15, 0.2) is 4.52 Å². The number of rotatable bonds is 4. The molecule has 0 amide bonds. The zero-order valence-corrected chi connectivity index (χ0v) is 7.44. The lowest BCUT2D eigenvalue weighted by atomic mass is 10.3. The summed E-state index contributed by atoms with van der Waals surface area (Å²) in [5, 5.41) is 14.8. The Hall–Kier alpha value is -1.43. The summed E-state index contributed by atoms with van der Waals surface area (Å²) in [5.41, 5.74) is 0. The van der Waals surface area contributed by atoms with Crippen molar-refractivity contribution in [1.29, 1.82) is 0 Å². The van der Waals surface area contributed by atoms with Crippen LogP contribution >= 0.6 is 0 Å². The maximum absolute atomic E-state index is 10.4. The lowest BCUT2D eigenvalue weighted by molar-refractivity contribution is -0.139. The Kier molecular flexibility index (Phi) is 2.97. The summed E-state index contributed by atoms with van der Waals surface area (Å²) in [4.78, 5) is 14.3. The van der Waals surface area contributed by atoms with Crippen LogP contribution in [0.1, 0.15) is 18.6 Å². The maximum Gasteiger partial charge on any atom is 0.320 e. The minimum absolute atomic E-state index is 0.272. The standard InChI is InChI=1S/C7H11N3O3/c1-4(7(11)12)8-3-6-9-5(2)10-13-6/h4,8H,3H2,1-2H3,(H,11,12)/t4-/m0/s1. The summed E-state index contributed by atoms with van der Waals surface area (Å²) >= 11 is 0. The van der Waals surface area contributed by atoms with Gasteiger partial charge in [-0.05, 0) is 13.8 Å². The maximum atomic E-state index is 10.4. The molecule has 0 saturated heterocycles. The lowest BCUT2D eigenvalue weighted by Gasteiger charge is -2.04. The molecule has 0 bridgehead atoms. The smallest absolute Gasteiger partial charge is 0.320 e. The average molecular weight is 185 g/mol. The molecule has 1 rings (SSSR count). The predicted octanol–water partition coefficient (Wildman–Crippen LogP) is -0.0593. The van der Waals surface area contributed by atoms with Gasteiger partial charge in [0.15, 0.2) is 5.82 Å². The van der Waals surface area contributed by atoms with Crippen LogP contribution < -0.4 is 5.32 Å². The molecule has 0 radical (unpaired) electrons. The molecular formula is C7H11N3O3. The van der Waals surface area contributed by atoms with E-state index in [-0.39, 0.29) is 6.54 Å². The Balaban J connectivity index is 2.39. The number of carboxylic acid groups (broad SMARTS) is 1. The van der Waals surface area contributed by atoms with Crippen molar-refractivity contribution < 1.29 is 14.4 Å². The van der Waals surface area contributed by atoms with E-state index in [1.165, 1.54) is 0 Å². The first kappa shape index (κ1) is 9.66. The number of carboxylic acids is 1. The number of aromatic nitrogens is 2. The molecular weight excluding hydrogens is 174 g/mol. The average Bonchev–Trinajstić information content (AvgIpc) is 2.47. The third-order valence-electron chi connectivity index (χ3n) is 1.50. The largest absolute Gasteiger partial charge is 0.480 e. The van der Waals surface area contributed by atoms with Crippen molar-refractivity contribution in [1.82, 2.24) is 15.5 Å². The van der Waals surface area contributed by atoms with Crippen molar-refractivity contribution in [2.24, 2.45) is 0 Å². The van der Waals surface area contributed by atoms with E-state index in [0.717, 1.165) is 0 Å². The van der Waals surface area contributed by atoms with Crippen LogP contribution in [-0.2, 0) is 11.3 Å². The van der Waals surface area contributed by atoms with E-state index in [1.807, 2.05) is 0 Å². The van der Waals surface area contributed by atoms with Gasteiger partial charge in [0.25, 0.3) is 0 Å². The molecule has 2 N–H and O–H groups in total. The first-order chi connectivity index (χ1) is 6.09.